The summed E-state index contributed by atoms with van der Waals surface area (Å²) >= 11 is 0. The molecule has 2 saturated heterocycles. The van der Waals surface area contributed by atoms with Gasteiger partial charge in [-0.3, -0.25) is 4.90 Å². The van der Waals surface area contributed by atoms with Crippen LogP contribution in [0.5, 0.6) is 0 Å². The molecule has 12 heteroatoms. The third-order valence-electron chi connectivity index (χ3n) is 8.38. The highest BCUT2D eigenvalue weighted by atomic mass is 19.3. The van der Waals surface area contributed by atoms with Crippen LogP contribution in [0, 0.1) is 17.0 Å². The zero-order valence-corrected chi connectivity index (χ0v) is 21.7. The molecule has 0 radical (unpaired) electrons. The maximum Gasteiger partial charge on any atom is 0.259 e. The van der Waals surface area contributed by atoms with Crippen molar-refractivity contribution in [2.24, 2.45) is 5.41 Å². The van der Waals surface area contributed by atoms with Crippen molar-refractivity contribution in [3.8, 4) is 11.3 Å². The van der Waals surface area contributed by atoms with Crippen molar-refractivity contribution in [1.29, 1.82) is 0 Å². The molecule has 1 atom stereocenters. The Morgan fingerprint density at radius 2 is 1.85 bits per heavy atom. The van der Waals surface area contributed by atoms with Crippen LogP contribution in [0.4, 0.5) is 29.3 Å². The molecule has 3 aromatic heterocycles. The molecule has 0 amide bonds. The minimum atomic E-state index is -2.62. The number of fused-ring (bicyclic) bond motifs is 3. The molecule has 2 N–H and O–H groups in total. The highest BCUT2D eigenvalue weighted by molar-refractivity contribution is 5.83. The zero-order chi connectivity index (χ0) is 27.4. The lowest BCUT2D eigenvalue weighted by molar-refractivity contribution is -0.0282. The fourth-order valence-corrected chi connectivity index (χ4v) is 6.41. The number of anilines is 2. The van der Waals surface area contributed by atoms with E-state index in [4.69, 9.17) is 0 Å². The topological polar surface area (TPSA) is 83.8 Å². The fourth-order valence-electron chi connectivity index (χ4n) is 6.41. The van der Waals surface area contributed by atoms with Crippen LogP contribution in [0.2, 0.25) is 0 Å². The van der Waals surface area contributed by atoms with E-state index < -0.39 is 24.1 Å². The van der Waals surface area contributed by atoms with Crippen LogP contribution in [0.25, 0.3) is 22.3 Å². The van der Waals surface area contributed by atoms with E-state index in [9.17, 15) is 17.6 Å². The van der Waals surface area contributed by atoms with Crippen molar-refractivity contribution in [1.82, 2.24) is 34.7 Å². The van der Waals surface area contributed by atoms with Gasteiger partial charge in [-0.25, -0.2) is 37.5 Å². The first-order valence-corrected chi connectivity index (χ1v) is 13.5. The summed E-state index contributed by atoms with van der Waals surface area (Å²) in [6, 6.07) is 5.28. The average molecular weight is 553 g/mol. The number of aromatic nitrogens is 5. The van der Waals surface area contributed by atoms with E-state index in [0.29, 0.717) is 23.5 Å². The van der Waals surface area contributed by atoms with Gasteiger partial charge in [0.25, 0.3) is 6.43 Å². The Morgan fingerprint density at radius 3 is 2.60 bits per heavy atom. The highest BCUT2D eigenvalue weighted by Crippen LogP contribution is 2.40. The van der Waals surface area contributed by atoms with E-state index in [-0.39, 0.29) is 34.7 Å². The number of nitrogens with one attached hydrogen (secondary N) is 2. The molecule has 3 aliphatic heterocycles. The van der Waals surface area contributed by atoms with Crippen LogP contribution in [0.1, 0.15) is 36.7 Å². The summed E-state index contributed by atoms with van der Waals surface area (Å²) in [7, 11) is 0. The monoisotopic (exact) mass is 552 g/mol. The predicted molar refractivity (Wildman–Crippen MR) is 141 cm³/mol. The van der Waals surface area contributed by atoms with E-state index in [0.717, 1.165) is 50.6 Å². The summed E-state index contributed by atoms with van der Waals surface area (Å²) in [4.78, 5) is 19.4. The largest absolute Gasteiger partial charge is 0.319 e. The number of aryl methyl sites for hydroxylation is 1. The molecule has 1 spiro atoms. The Kier molecular flexibility index (Phi) is 6.19. The molecule has 7 rings (SSSR count). The molecule has 0 saturated carbocycles. The van der Waals surface area contributed by atoms with E-state index in [1.165, 1.54) is 23.5 Å². The van der Waals surface area contributed by atoms with E-state index >= 15 is 0 Å². The van der Waals surface area contributed by atoms with Gasteiger partial charge in [-0.15, -0.1) is 0 Å². The molecule has 0 bridgehead atoms. The van der Waals surface area contributed by atoms with Gasteiger partial charge in [-0.05, 0) is 61.5 Å². The quantitative estimate of drug-likeness (QED) is 0.331. The second-order valence-corrected chi connectivity index (χ2v) is 11.1. The van der Waals surface area contributed by atoms with Crippen LogP contribution < -0.4 is 10.6 Å². The second kappa shape index (κ2) is 9.77. The van der Waals surface area contributed by atoms with Crippen molar-refractivity contribution in [2.45, 2.75) is 44.7 Å². The lowest BCUT2D eigenvalue weighted by Crippen LogP contribution is -2.59. The average Bonchev–Trinajstić information content (AvgIpc) is 3.51. The molecule has 0 aliphatic carbocycles. The van der Waals surface area contributed by atoms with Crippen molar-refractivity contribution in [2.75, 3.05) is 31.5 Å². The Labute approximate surface area is 227 Å². The summed E-state index contributed by atoms with van der Waals surface area (Å²) in [6.07, 6.45) is 3.18. The first-order valence-electron chi connectivity index (χ1n) is 13.5. The Hall–Kier alpha value is -3.64. The van der Waals surface area contributed by atoms with Crippen LogP contribution in [-0.4, -0.2) is 62.0 Å². The normalized spacial score (nSPS) is 20.3. The lowest BCUT2D eigenvalue weighted by atomic mass is 9.72. The second-order valence-electron chi connectivity index (χ2n) is 11.1. The summed E-state index contributed by atoms with van der Waals surface area (Å²) in [5.41, 5.74) is 1.71. The van der Waals surface area contributed by atoms with Gasteiger partial charge in [0, 0.05) is 37.8 Å². The molecular weight excluding hydrogens is 524 g/mol. The van der Waals surface area contributed by atoms with Gasteiger partial charge in [0.1, 0.15) is 22.9 Å². The summed E-state index contributed by atoms with van der Waals surface area (Å²) < 4.78 is 58.4. The summed E-state index contributed by atoms with van der Waals surface area (Å²) in [5.74, 6) is -0.525. The number of nitrogens with zero attached hydrogens (tertiary/aromatic N) is 6. The van der Waals surface area contributed by atoms with Crippen molar-refractivity contribution >= 4 is 22.8 Å². The van der Waals surface area contributed by atoms with E-state index in [2.05, 4.69) is 35.5 Å². The minimum Gasteiger partial charge on any atom is -0.319 e. The van der Waals surface area contributed by atoms with Crippen LogP contribution >= 0.6 is 0 Å². The maximum atomic E-state index is 15.0. The molecule has 1 aromatic carbocycles. The number of hydrogen-bond acceptors (Lipinski definition) is 7. The van der Waals surface area contributed by atoms with Gasteiger partial charge in [0.15, 0.2) is 11.6 Å². The number of piperidine rings is 1. The van der Waals surface area contributed by atoms with Crippen molar-refractivity contribution < 1.29 is 17.6 Å². The van der Waals surface area contributed by atoms with Crippen LogP contribution in [-0.2, 0) is 13.0 Å². The minimum absolute atomic E-state index is 0.00894. The number of benzene rings is 1. The SMILES string of the molecule is Fc1cnc(Nc2ccc(CN3CC4(CCNCC4)C3)cn2)nc1-c1cc(F)c2nc3n(c2c1)C(C(F)F)CC3. The maximum absolute atomic E-state index is 15.0. The molecule has 1 unspecified atom stereocenters. The highest BCUT2D eigenvalue weighted by Gasteiger charge is 2.43. The van der Waals surface area contributed by atoms with E-state index in [1.807, 2.05) is 12.1 Å². The number of imidazole rings is 1. The standard InChI is InChI=1S/C28H28F4N8/c29-18-9-17(10-21-25(18)37-23-4-2-20(26(31)32)40(21)23)24-19(30)12-35-27(38-24)36-22-3-1-16(11-34-22)13-39-14-28(15-39)5-7-33-8-6-28/h1,3,9-12,20,26,33H,2,4-8,13-15H2,(H,34,35,36,38). The van der Waals surface area contributed by atoms with Crippen molar-refractivity contribution in [3.05, 3.63) is 59.7 Å². The molecule has 6 heterocycles. The van der Waals surface area contributed by atoms with Gasteiger partial charge in [-0.2, -0.15) is 0 Å². The first kappa shape index (κ1) is 25.3. The molecule has 208 valence electrons. The van der Waals surface area contributed by atoms with Gasteiger partial charge in [0.05, 0.1) is 17.8 Å². The molecule has 3 aliphatic rings. The molecule has 40 heavy (non-hydrogen) atoms. The van der Waals surface area contributed by atoms with Gasteiger partial charge < -0.3 is 15.2 Å². The summed E-state index contributed by atoms with van der Waals surface area (Å²) in [5, 5.41) is 6.40. The predicted octanol–water partition coefficient (Wildman–Crippen LogP) is 4.85. The third kappa shape index (κ3) is 4.48. The van der Waals surface area contributed by atoms with Gasteiger partial charge in [-0.1, -0.05) is 6.07 Å². The van der Waals surface area contributed by atoms with Gasteiger partial charge in [0.2, 0.25) is 5.95 Å². The van der Waals surface area contributed by atoms with E-state index in [1.54, 1.807) is 6.20 Å². The Bertz CT molecular complexity index is 1560. The fraction of sp³-hybridized carbons (Fsp3) is 0.429. The smallest absolute Gasteiger partial charge is 0.259 e. The molecule has 2 fully saturated rings. The third-order valence-corrected chi connectivity index (χ3v) is 8.38. The number of alkyl halides is 2. The Balaban J connectivity index is 1.09. The molecule has 8 nitrogen and oxygen atoms in total. The van der Waals surface area contributed by atoms with Gasteiger partial charge >= 0.3 is 0 Å². The van der Waals surface area contributed by atoms with Crippen molar-refractivity contribution in [3.63, 3.8) is 0 Å². The zero-order valence-electron chi connectivity index (χ0n) is 21.7. The first-order chi connectivity index (χ1) is 19.4. The number of rotatable bonds is 6. The Morgan fingerprint density at radius 1 is 1.02 bits per heavy atom. The number of hydrogen-bond donors (Lipinski definition) is 2. The lowest BCUT2D eigenvalue weighted by Gasteiger charge is -2.52. The molecular formula is C28H28F4N8. The number of halogens is 4. The van der Waals surface area contributed by atoms with Crippen LogP contribution in [0.15, 0.2) is 36.7 Å². The number of pyridine rings is 1. The molecule has 4 aromatic rings. The summed E-state index contributed by atoms with van der Waals surface area (Å²) in [6.45, 7) is 5.24. The van der Waals surface area contributed by atoms with Crippen LogP contribution in [0.3, 0.4) is 0 Å². The number of likely N-dealkylation sites (tertiary alicyclic amines) is 1.